The molecule has 0 bridgehead atoms. The molecule has 9 heteroatoms. The molecule has 1 aromatic carbocycles. The van der Waals surface area contributed by atoms with Gasteiger partial charge in [-0.15, -0.1) is 11.3 Å². The highest BCUT2D eigenvalue weighted by molar-refractivity contribution is 7.07. The maximum atomic E-state index is 13.4. The van der Waals surface area contributed by atoms with Crippen LogP contribution < -0.4 is 10.2 Å². The minimum Gasteiger partial charge on any atom is -0.347 e. The van der Waals surface area contributed by atoms with Crippen molar-refractivity contribution in [3.8, 4) is 11.3 Å². The van der Waals surface area contributed by atoms with Crippen molar-refractivity contribution in [2.24, 2.45) is 0 Å². The number of carbonyl (C=O) groups is 1. The van der Waals surface area contributed by atoms with Crippen LogP contribution in [0, 0.1) is 5.82 Å². The highest BCUT2D eigenvalue weighted by Gasteiger charge is 2.26. The zero-order chi connectivity index (χ0) is 22.5. The molecule has 4 aromatic rings. The molecule has 0 fully saturated rings. The lowest BCUT2D eigenvalue weighted by Gasteiger charge is -2.27. The van der Waals surface area contributed by atoms with Gasteiger partial charge in [0, 0.05) is 49.4 Å². The number of rotatable bonds is 8. The Morgan fingerprint density at radius 3 is 2.62 bits per heavy atom. The molecule has 0 radical (unpaired) electrons. The summed E-state index contributed by atoms with van der Waals surface area (Å²) in [6.07, 6.45) is 3.82. The van der Waals surface area contributed by atoms with Gasteiger partial charge in [-0.2, -0.15) is 5.10 Å². The van der Waals surface area contributed by atoms with E-state index >= 15 is 0 Å². The molecule has 164 valence electrons. The van der Waals surface area contributed by atoms with Crippen LogP contribution in [-0.2, 0) is 17.8 Å². The summed E-state index contributed by atoms with van der Waals surface area (Å²) in [5.41, 5.74) is 4.26. The number of carbonyl (C=O) groups excluding carboxylic acids is 1. The number of nitrogens with zero attached hydrogens (tertiary/aromatic N) is 5. The average molecular weight is 451 g/mol. The Morgan fingerprint density at radius 2 is 1.97 bits per heavy atom. The van der Waals surface area contributed by atoms with Crippen LogP contribution in [0.5, 0.6) is 0 Å². The molecular weight excluding hydrogens is 427 g/mol. The third-order valence-corrected chi connectivity index (χ3v) is 5.77. The fourth-order valence-electron chi connectivity index (χ4n) is 3.42. The fourth-order valence-corrected chi connectivity index (χ4v) is 4.00. The number of amides is 1. The van der Waals surface area contributed by atoms with Crippen molar-refractivity contribution in [1.29, 1.82) is 0 Å². The van der Waals surface area contributed by atoms with Crippen molar-refractivity contribution >= 4 is 28.9 Å². The Kier molecular flexibility index (Phi) is 6.55. The number of aryl methyl sites for hydroxylation is 1. The van der Waals surface area contributed by atoms with Gasteiger partial charge in [0.25, 0.3) is 0 Å². The van der Waals surface area contributed by atoms with E-state index in [1.807, 2.05) is 42.5 Å². The lowest BCUT2D eigenvalue weighted by Crippen LogP contribution is -2.44. The summed E-state index contributed by atoms with van der Waals surface area (Å²) in [5, 5.41) is 9.53. The van der Waals surface area contributed by atoms with Gasteiger partial charge in [-0.05, 0) is 36.8 Å². The lowest BCUT2D eigenvalue weighted by atomic mass is 10.0. The van der Waals surface area contributed by atoms with Gasteiger partial charge in [0.05, 0.1) is 11.2 Å². The van der Waals surface area contributed by atoms with Crippen molar-refractivity contribution in [2.45, 2.75) is 25.9 Å². The molecule has 3 aromatic heterocycles. The first-order valence-corrected chi connectivity index (χ1v) is 11.1. The van der Waals surface area contributed by atoms with Gasteiger partial charge in [-0.3, -0.25) is 9.78 Å². The molecule has 0 aliphatic carbocycles. The van der Waals surface area contributed by atoms with Gasteiger partial charge in [-0.25, -0.2) is 14.1 Å². The summed E-state index contributed by atoms with van der Waals surface area (Å²) in [7, 11) is 1.84. The largest absolute Gasteiger partial charge is 0.347 e. The second-order valence-corrected chi connectivity index (χ2v) is 7.98. The number of hydrogen-bond donors (Lipinski definition) is 1. The number of thiazole rings is 1. The van der Waals surface area contributed by atoms with E-state index in [1.54, 1.807) is 34.7 Å². The summed E-state index contributed by atoms with van der Waals surface area (Å²) < 4.78 is 15.1. The molecule has 0 spiro atoms. The van der Waals surface area contributed by atoms with Crippen LogP contribution in [-0.4, -0.2) is 38.7 Å². The molecule has 1 amide bonds. The Balaban J connectivity index is 1.61. The fraction of sp³-hybridized carbons (Fsp3) is 0.217. The van der Waals surface area contributed by atoms with E-state index in [0.717, 1.165) is 16.8 Å². The van der Waals surface area contributed by atoms with E-state index in [-0.39, 0.29) is 11.7 Å². The summed E-state index contributed by atoms with van der Waals surface area (Å²) in [6.45, 7) is 2.57. The SMILES string of the molecule is CCn1nc(-c2ccncc2)cc1NC(=O)[C@H](Cc1ccc(F)cc1)N(C)c1cscn1. The van der Waals surface area contributed by atoms with Gasteiger partial charge < -0.3 is 10.2 Å². The molecule has 0 aliphatic heterocycles. The summed E-state index contributed by atoms with van der Waals surface area (Å²) in [5.74, 6) is 0.817. The first-order valence-electron chi connectivity index (χ1n) is 10.2. The number of aromatic nitrogens is 4. The number of benzene rings is 1. The molecule has 32 heavy (non-hydrogen) atoms. The first-order chi connectivity index (χ1) is 15.5. The van der Waals surface area contributed by atoms with Crippen LogP contribution in [0.2, 0.25) is 0 Å². The Labute approximate surface area is 189 Å². The summed E-state index contributed by atoms with van der Waals surface area (Å²) in [6, 6.07) is 11.3. The van der Waals surface area contributed by atoms with Crippen molar-refractivity contribution in [3.05, 3.63) is 77.1 Å². The van der Waals surface area contributed by atoms with Crippen LogP contribution in [0.4, 0.5) is 16.0 Å². The van der Waals surface area contributed by atoms with Gasteiger partial charge in [0.1, 0.15) is 23.5 Å². The summed E-state index contributed by atoms with van der Waals surface area (Å²) >= 11 is 1.46. The normalized spacial score (nSPS) is 11.8. The van der Waals surface area contributed by atoms with Crippen molar-refractivity contribution < 1.29 is 9.18 Å². The number of anilines is 2. The molecule has 4 rings (SSSR count). The lowest BCUT2D eigenvalue weighted by molar-refractivity contribution is -0.117. The van der Waals surface area contributed by atoms with Gasteiger partial charge in [0.2, 0.25) is 5.91 Å². The van der Waals surface area contributed by atoms with E-state index in [9.17, 15) is 9.18 Å². The monoisotopic (exact) mass is 450 g/mol. The molecule has 1 atom stereocenters. The number of pyridine rings is 1. The van der Waals surface area contributed by atoms with Gasteiger partial charge >= 0.3 is 0 Å². The van der Waals surface area contributed by atoms with Gasteiger partial charge in [0.15, 0.2) is 0 Å². The Bertz CT molecular complexity index is 1160. The van der Waals surface area contributed by atoms with E-state index in [1.165, 1.54) is 23.5 Å². The molecule has 0 saturated carbocycles. The maximum Gasteiger partial charge on any atom is 0.248 e. The molecular formula is C23H23FN6OS. The molecule has 1 N–H and O–H groups in total. The predicted molar refractivity (Wildman–Crippen MR) is 124 cm³/mol. The molecule has 0 aliphatic rings. The second kappa shape index (κ2) is 9.69. The van der Waals surface area contributed by atoms with E-state index in [4.69, 9.17) is 0 Å². The van der Waals surface area contributed by atoms with E-state index in [2.05, 4.69) is 20.4 Å². The number of hydrogen-bond acceptors (Lipinski definition) is 6. The zero-order valence-electron chi connectivity index (χ0n) is 17.8. The van der Waals surface area contributed by atoms with Gasteiger partial charge in [-0.1, -0.05) is 12.1 Å². The zero-order valence-corrected chi connectivity index (χ0v) is 18.6. The average Bonchev–Trinajstić information content (AvgIpc) is 3.49. The van der Waals surface area contributed by atoms with Crippen LogP contribution in [0.15, 0.2) is 65.7 Å². The Hall–Kier alpha value is -3.59. The van der Waals surface area contributed by atoms with Crippen LogP contribution in [0.1, 0.15) is 12.5 Å². The number of likely N-dealkylation sites (N-methyl/N-ethyl adjacent to an activating group) is 1. The molecule has 3 heterocycles. The number of nitrogens with one attached hydrogen (secondary N) is 1. The Morgan fingerprint density at radius 1 is 1.22 bits per heavy atom. The van der Waals surface area contributed by atoms with E-state index < -0.39 is 6.04 Å². The molecule has 0 saturated heterocycles. The highest BCUT2D eigenvalue weighted by atomic mass is 32.1. The topological polar surface area (TPSA) is 75.9 Å². The van der Waals surface area contributed by atoms with Crippen LogP contribution in [0.25, 0.3) is 11.3 Å². The first kappa shape index (κ1) is 21.6. The highest BCUT2D eigenvalue weighted by Crippen LogP contribution is 2.23. The summed E-state index contributed by atoms with van der Waals surface area (Å²) in [4.78, 5) is 23.7. The third-order valence-electron chi connectivity index (χ3n) is 5.20. The van der Waals surface area contributed by atoms with Crippen LogP contribution >= 0.6 is 11.3 Å². The number of halogens is 1. The molecule has 7 nitrogen and oxygen atoms in total. The smallest absolute Gasteiger partial charge is 0.248 e. The minimum atomic E-state index is -0.549. The van der Waals surface area contributed by atoms with Crippen molar-refractivity contribution in [1.82, 2.24) is 19.7 Å². The quantitative estimate of drug-likeness (QED) is 0.434. The standard InChI is InChI=1S/C23H23FN6OS/c1-3-30-21(13-19(28-30)17-8-10-25-11-9-17)27-23(31)20(29(2)22-14-32-15-26-22)12-16-4-6-18(24)7-5-16/h4-11,13-15,20H,3,12H2,1-2H3,(H,27,31)/t20-/m0/s1. The maximum absolute atomic E-state index is 13.4. The van der Waals surface area contributed by atoms with Crippen molar-refractivity contribution in [2.75, 3.05) is 17.3 Å². The third kappa shape index (κ3) is 4.83. The predicted octanol–water partition coefficient (Wildman–Crippen LogP) is 4.25. The van der Waals surface area contributed by atoms with E-state index in [0.29, 0.717) is 24.6 Å². The van der Waals surface area contributed by atoms with Crippen molar-refractivity contribution in [3.63, 3.8) is 0 Å². The van der Waals surface area contributed by atoms with Crippen LogP contribution in [0.3, 0.4) is 0 Å². The minimum absolute atomic E-state index is 0.194. The molecule has 0 unspecified atom stereocenters. The second-order valence-electron chi connectivity index (χ2n) is 7.26.